The van der Waals surface area contributed by atoms with Crippen molar-refractivity contribution in [2.45, 2.75) is 31.2 Å². The summed E-state index contributed by atoms with van der Waals surface area (Å²) in [5, 5.41) is 5.65. The van der Waals surface area contributed by atoms with Crippen LogP contribution in [0.4, 0.5) is 16.2 Å². The standard InChI is InChI=1S/C29H28N4O4/c34-25(30-23-13-15-24(16-14-23)32-17-7-12-26(32)35)20-33-27(36)29(31-28(33)37,18-21-8-3-1-4-9-21)19-22-10-5-2-6-11-22/h1-6,8-11,13-16H,7,12,17-20H2,(H,30,34)(H,31,37). The van der Waals surface area contributed by atoms with Crippen molar-refractivity contribution >= 4 is 35.1 Å². The molecule has 2 aliphatic heterocycles. The number of nitrogens with one attached hydrogen (secondary N) is 2. The van der Waals surface area contributed by atoms with Gasteiger partial charge in [0.2, 0.25) is 11.8 Å². The number of carbonyl (C=O) groups excluding carboxylic acids is 4. The lowest BCUT2D eigenvalue weighted by atomic mass is 9.84. The Bertz CT molecular complexity index is 1270. The van der Waals surface area contributed by atoms with E-state index in [4.69, 9.17) is 0 Å². The highest BCUT2D eigenvalue weighted by atomic mass is 16.2. The molecule has 2 fully saturated rings. The zero-order valence-corrected chi connectivity index (χ0v) is 20.4. The maximum atomic E-state index is 13.7. The average molecular weight is 497 g/mol. The van der Waals surface area contributed by atoms with Crippen LogP contribution in [0, 0.1) is 0 Å². The number of benzene rings is 3. The number of carbonyl (C=O) groups is 4. The van der Waals surface area contributed by atoms with Crippen LogP contribution in [0.15, 0.2) is 84.9 Å². The first-order valence-corrected chi connectivity index (χ1v) is 12.4. The smallest absolute Gasteiger partial charge is 0.325 e. The summed E-state index contributed by atoms with van der Waals surface area (Å²) in [6.07, 6.45) is 1.99. The maximum absolute atomic E-state index is 13.7. The van der Waals surface area contributed by atoms with Gasteiger partial charge in [-0.3, -0.25) is 19.3 Å². The van der Waals surface area contributed by atoms with E-state index in [0.717, 1.165) is 28.1 Å². The lowest BCUT2D eigenvalue weighted by Crippen LogP contribution is -2.51. The molecule has 2 aliphatic rings. The van der Waals surface area contributed by atoms with Crippen molar-refractivity contribution in [2.75, 3.05) is 23.3 Å². The van der Waals surface area contributed by atoms with Gasteiger partial charge in [-0.2, -0.15) is 0 Å². The predicted molar refractivity (Wildman–Crippen MR) is 140 cm³/mol. The first-order chi connectivity index (χ1) is 17.9. The molecule has 2 saturated heterocycles. The number of rotatable bonds is 8. The van der Waals surface area contributed by atoms with Crippen LogP contribution >= 0.6 is 0 Å². The Kier molecular flexibility index (Phi) is 6.72. The Morgan fingerprint density at radius 1 is 0.838 bits per heavy atom. The number of nitrogens with zero attached hydrogens (tertiary/aromatic N) is 2. The van der Waals surface area contributed by atoms with Crippen molar-refractivity contribution < 1.29 is 19.2 Å². The number of hydrogen-bond donors (Lipinski definition) is 2. The highest BCUT2D eigenvalue weighted by molar-refractivity contribution is 6.10. The van der Waals surface area contributed by atoms with E-state index in [0.29, 0.717) is 31.5 Å². The number of amides is 5. The molecule has 8 nitrogen and oxygen atoms in total. The molecule has 2 N–H and O–H groups in total. The van der Waals surface area contributed by atoms with Gasteiger partial charge in [-0.15, -0.1) is 0 Å². The van der Waals surface area contributed by atoms with Gasteiger partial charge < -0.3 is 15.5 Å². The number of anilines is 2. The van der Waals surface area contributed by atoms with Crippen molar-refractivity contribution in [3.05, 3.63) is 96.1 Å². The summed E-state index contributed by atoms with van der Waals surface area (Å²) < 4.78 is 0. The predicted octanol–water partition coefficient (Wildman–Crippen LogP) is 3.53. The molecular weight excluding hydrogens is 468 g/mol. The van der Waals surface area contributed by atoms with Gasteiger partial charge in [0.15, 0.2) is 0 Å². The molecule has 8 heteroatoms. The van der Waals surface area contributed by atoms with Crippen LogP contribution in [0.3, 0.4) is 0 Å². The molecule has 0 aliphatic carbocycles. The Morgan fingerprint density at radius 2 is 1.43 bits per heavy atom. The number of imide groups is 1. The van der Waals surface area contributed by atoms with E-state index in [9.17, 15) is 19.2 Å². The van der Waals surface area contributed by atoms with E-state index in [2.05, 4.69) is 10.6 Å². The normalized spacial score (nSPS) is 16.7. The zero-order chi connectivity index (χ0) is 25.8. The molecule has 37 heavy (non-hydrogen) atoms. The van der Waals surface area contributed by atoms with Crippen LogP contribution in [0.1, 0.15) is 24.0 Å². The molecule has 188 valence electrons. The molecule has 0 spiro atoms. The van der Waals surface area contributed by atoms with Crippen LogP contribution in [-0.2, 0) is 27.2 Å². The minimum atomic E-state index is -1.19. The van der Waals surface area contributed by atoms with Crippen LogP contribution in [0.2, 0.25) is 0 Å². The fourth-order valence-electron chi connectivity index (χ4n) is 5.00. The van der Waals surface area contributed by atoms with Crippen molar-refractivity contribution in [1.82, 2.24) is 10.2 Å². The third-order valence-corrected chi connectivity index (χ3v) is 6.78. The molecule has 5 amide bonds. The molecule has 0 atom stereocenters. The summed E-state index contributed by atoms with van der Waals surface area (Å²) in [5.41, 5.74) is 1.93. The van der Waals surface area contributed by atoms with Gasteiger partial charge in [-0.05, 0) is 41.8 Å². The zero-order valence-electron chi connectivity index (χ0n) is 20.4. The minimum Gasteiger partial charge on any atom is -0.325 e. The van der Waals surface area contributed by atoms with Crippen molar-refractivity contribution in [3.63, 3.8) is 0 Å². The average Bonchev–Trinajstić information content (AvgIpc) is 3.42. The molecule has 0 saturated carbocycles. The van der Waals surface area contributed by atoms with Gasteiger partial charge in [0.1, 0.15) is 12.1 Å². The largest absolute Gasteiger partial charge is 0.325 e. The van der Waals surface area contributed by atoms with Gasteiger partial charge in [-0.25, -0.2) is 4.79 Å². The first-order valence-electron chi connectivity index (χ1n) is 12.4. The summed E-state index contributed by atoms with van der Waals surface area (Å²) in [6, 6.07) is 25.4. The van der Waals surface area contributed by atoms with Gasteiger partial charge in [-0.1, -0.05) is 60.7 Å². The summed E-state index contributed by atoms with van der Waals surface area (Å²) in [7, 11) is 0. The fourth-order valence-corrected chi connectivity index (χ4v) is 5.00. The first kappa shape index (κ1) is 24.2. The molecule has 2 heterocycles. The SMILES string of the molecule is O=C(CN1C(=O)NC(Cc2ccccc2)(Cc2ccccc2)C1=O)Nc1ccc(N2CCCC2=O)cc1. The molecule has 0 radical (unpaired) electrons. The monoisotopic (exact) mass is 496 g/mol. The Morgan fingerprint density at radius 3 is 1.97 bits per heavy atom. The second kappa shape index (κ2) is 10.3. The fraction of sp³-hybridized carbons (Fsp3) is 0.241. The second-order valence-corrected chi connectivity index (χ2v) is 9.47. The van der Waals surface area contributed by atoms with Crippen LogP contribution in [0.5, 0.6) is 0 Å². The summed E-state index contributed by atoms with van der Waals surface area (Å²) >= 11 is 0. The van der Waals surface area contributed by atoms with E-state index < -0.39 is 29.9 Å². The van der Waals surface area contributed by atoms with Crippen LogP contribution < -0.4 is 15.5 Å². The van der Waals surface area contributed by atoms with E-state index in [1.165, 1.54) is 0 Å². The highest BCUT2D eigenvalue weighted by Gasteiger charge is 2.51. The van der Waals surface area contributed by atoms with Crippen LogP contribution in [0.25, 0.3) is 0 Å². The van der Waals surface area contributed by atoms with Gasteiger partial charge >= 0.3 is 6.03 Å². The summed E-state index contributed by atoms with van der Waals surface area (Å²) in [5.74, 6) is -0.822. The molecule has 5 rings (SSSR count). The second-order valence-electron chi connectivity index (χ2n) is 9.47. The lowest BCUT2D eigenvalue weighted by molar-refractivity contribution is -0.133. The van der Waals surface area contributed by atoms with E-state index in [-0.39, 0.29) is 5.91 Å². The lowest BCUT2D eigenvalue weighted by Gasteiger charge is -2.27. The summed E-state index contributed by atoms with van der Waals surface area (Å²) in [6.45, 7) is 0.285. The van der Waals surface area contributed by atoms with Gasteiger partial charge in [0.05, 0.1) is 0 Å². The van der Waals surface area contributed by atoms with Gasteiger partial charge in [0, 0.05) is 37.2 Å². The van der Waals surface area contributed by atoms with Crippen LogP contribution in [-0.4, -0.2) is 47.3 Å². The number of urea groups is 1. The van der Waals surface area contributed by atoms with E-state index >= 15 is 0 Å². The van der Waals surface area contributed by atoms with E-state index in [1.807, 2.05) is 60.7 Å². The minimum absolute atomic E-state index is 0.0878. The summed E-state index contributed by atoms with van der Waals surface area (Å²) in [4.78, 5) is 54.1. The maximum Gasteiger partial charge on any atom is 0.325 e. The molecule has 0 bridgehead atoms. The van der Waals surface area contributed by atoms with Crippen molar-refractivity contribution in [1.29, 1.82) is 0 Å². The Labute approximate surface area is 215 Å². The molecule has 3 aromatic carbocycles. The van der Waals surface area contributed by atoms with Crippen molar-refractivity contribution in [3.8, 4) is 0 Å². The number of hydrogen-bond acceptors (Lipinski definition) is 4. The quantitative estimate of drug-likeness (QED) is 0.466. The molecule has 3 aromatic rings. The third kappa shape index (κ3) is 5.23. The highest BCUT2D eigenvalue weighted by Crippen LogP contribution is 2.28. The molecule has 0 aromatic heterocycles. The van der Waals surface area contributed by atoms with Gasteiger partial charge in [0.25, 0.3) is 5.91 Å². The third-order valence-electron chi connectivity index (χ3n) is 6.78. The topological polar surface area (TPSA) is 98.8 Å². The Balaban J connectivity index is 1.30. The molecular formula is C29H28N4O4. The molecule has 0 unspecified atom stereocenters. The Hall–Kier alpha value is -4.46. The van der Waals surface area contributed by atoms with Crippen molar-refractivity contribution in [2.24, 2.45) is 0 Å². The van der Waals surface area contributed by atoms with E-state index in [1.54, 1.807) is 29.2 Å².